The minimum absolute atomic E-state index is 0.191. The average molecular weight is 302 g/mol. The summed E-state index contributed by atoms with van der Waals surface area (Å²) in [4.78, 5) is 11.8. The summed E-state index contributed by atoms with van der Waals surface area (Å²) in [5, 5.41) is 0. The smallest absolute Gasteiger partial charge is 0.333 e. The van der Waals surface area contributed by atoms with Gasteiger partial charge in [-0.15, -0.1) is 0 Å². The predicted octanol–water partition coefficient (Wildman–Crippen LogP) is 5.52. The van der Waals surface area contributed by atoms with Crippen molar-refractivity contribution in [2.24, 2.45) is 5.41 Å². The Bertz CT molecular complexity index is 490. The van der Waals surface area contributed by atoms with E-state index in [2.05, 4.69) is 38.7 Å². The monoisotopic (exact) mass is 302 g/mol. The standard InChI is InChI=1S/C20H30O2/c1-6-17(3)19(21)22-15-18-10-7-9-16(2)12-14-20(4,5)13-8-11-18/h6,10,12,14H,2,7-9,11,13,15H2,1,3-5H3. The molecule has 0 aromatic heterocycles. The average Bonchev–Trinajstić information content (AvgIpc) is 2.50. The SMILES string of the molecule is C=C1C=CC(C)(C)CCCC(COC(=O)C(C)=CC)=CCC1. The van der Waals surface area contributed by atoms with E-state index in [0.717, 1.165) is 37.7 Å². The van der Waals surface area contributed by atoms with Gasteiger partial charge in [0, 0.05) is 5.57 Å². The number of hydrogen-bond acceptors (Lipinski definition) is 2. The van der Waals surface area contributed by atoms with Crippen molar-refractivity contribution in [1.82, 2.24) is 0 Å². The molecule has 122 valence electrons. The van der Waals surface area contributed by atoms with E-state index in [1.54, 1.807) is 13.0 Å². The van der Waals surface area contributed by atoms with E-state index in [4.69, 9.17) is 4.74 Å². The van der Waals surface area contributed by atoms with Crippen molar-refractivity contribution in [2.75, 3.05) is 6.61 Å². The number of carbonyl (C=O) groups is 1. The molecule has 0 N–H and O–H groups in total. The largest absolute Gasteiger partial charge is 0.458 e. The number of esters is 1. The fourth-order valence-corrected chi connectivity index (χ4v) is 2.37. The fourth-order valence-electron chi connectivity index (χ4n) is 2.37. The van der Waals surface area contributed by atoms with Gasteiger partial charge in [0.25, 0.3) is 0 Å². The van der Waals surface area contributed by atoms with Gasteiger partial charge in [0.05, 0.1) is 0 Å². The van der Waals surface area contributed by atoms with Crippen molar-refractivity contribution in [1.29, 1.82) is 0 Å². The van der Waals surface area contributed by atoms with Gasteiger partial charge in [-0.2, -0.15) is 0 Å². The van der Waals surface area contributed by atoms with Gasteiger partial charge in [-0.25, -0.2) is 4.79 Å². The molecule has 22 heavy (non-hydrogen) atoms. The molecule has 1 rings (SSSR count). The fraction of sp³-hybridized carbons (Fsp3) is 0.550. The molecule has 0 unspecified atom stereocenters. The third-order valence-electron chi connectivity index (χ3n) is 4.13. The van der Waals surface area contributed by atoms with Crippen LogP contribution in [0.5, 0.6) is 0 Å². The summed E-state index contributed by atoms with van der Waals surface area (Å²) in [5.74, 6) is -0.218. The van der Waals surface area contributed by atoms with E-state index in [1.807, 2.05) is 6.92 Å². The van der Waals surface area contributed by atoms with Crippen LogP contribution in [0.1, 0.15) is 59.8 Å². The molecule has 0 bridgehead atoms. The maximum atomic E-state index is 11.8. The first-order valence-corrected chi connectivity index (χ1v) is 8.19. The van der Waals surface area contributed by atoms with E-state index in [9.17, 15) is 4.79 Å². The van der Waals surface area contributed by atoms with Crippen LogP contribution in [0, 0.1) is 5.41 Å². The first kappa shape index (κ1) is 18.5. The van der Waals surface area contributed by atoms with Crippen LogP contribution in [-0.2, 0) is 9.53 Å². The highest BCUT2D eigenvalue weighted by Gasteiger charge is 2.15. The molecule has 0 aliphatic heterocycles. The molecular weight excluding hydrogens is 272 g/mol. The molecule has 0 fully saturated rings. The highest BCUT2D eigenvalue weighted by molar-refractivity contribution is 5.87. The second-order valence-corrected chi connectivity index (χ2v) is 6.78. The molecular formula is C20H30O2. The van der Waals surface area contributed by atoms with Gasteiger partial charge in [0.1, 0.15) is 6.61 Å². The van der Waals surface area contributed by atoms with Crippen LogP contribution in [0.2, 0.25) is 0 Å². The Hall–Kier alpha value is -1.57. The van der Waals surface area contributed by atoms with Gasteiger partial charge in [0.15, 0.2) is 0 Å². The molecule has 2 heteroatoms. The first-order valence-electron chi connectivity index (χ1n) is 8.19. The lowest BCUT2D eigenvalue weighted by molar-refractivity contribution is -0.138. The topological polar surface area (TPSA) is 26.3 Å². The number of carbonyl (C=O) groups excluding carboxylic acids is 1. The number of ether oxygens (including phenoxy) is 1. The highest BCUT2D eigenvalue weighted by Crippen LogP contribution is 2.28. The molecule has 0 saturated carbocycles. The van der Waals surface area contributed by atoms with Crippen molar-refractivity contribution < 1.29 is 9.53 Å². The zero-order valence-corrected chi connectivity index (χ0v) is 14.6. The number of rotatable bonds is 3. The van der Waals surface area contributed by atoms with Gasteiger partial charge in [-0.05, 0) is 56.9 Å². The van der Waals surface area contributed by atoms with Gasteiger partial charge < -0.3 is 4.74 Å². The lowest BCUT2D eigenvalue weighted by Crippen LogP contribution is -2.10. The van der Waals surface area contributed by atoms with Gasteiger partial charge >= 0.3 is 5.97 Å². The molecule has 1 aliphatic carbocycles. The van der Waals surface area contributed by atoms with Gasteiger partial charge in [-0.1, -0.05) is 50.3 Å². The summed E-state index contributed by atoms with van der Waals surface area (Å²) in [6, 6.07) is 0. The summed E-state index contributed by atoms with van der Waals surface area (Å²) in [6.45, 7) is 12.7. The zero-order chi connectivity index (χ0) is 16.6. The van der Waals surface area contributed by atoms with Crippen molar-refractivity contribution in [3.63, 3.8) is 0 Å². The van der Waals surface area contributed by atoms with Crippen LogP contribution >= 0.6 is 0 Å². The highest BCUT2D eigenvalue weighted by atomic mass is 16.5. The van der Waals surface area contributed by atoms with E-state index >= 15 is 0 Å². The van der Waals surface area contributed by atoms with Crippen molar-refractivity contribution in [3.8, 4) is 0 Å². The molecule has 0 atom stereocenters. The molecule has 0 radical (unpaired) electrons. The minimum Gasteiger partial charge on any atom is -0.458 e. The second kappa shape index (κ2) is 8.77. The summed E-state index contributed by atoms with van der Waals surface area (Å²) < 4.78 is 5.40. The third kappa shape index (κ3) is 6.93. The maximum Gasteiger partial charge on any atom is 0.333 e. The lowest BCUT2D eigenvalue weighted by atomic mass is 9.86. The molecule has 1 aliphatic rings. The summed E-state index contributed by atoms with van der Waals surface area (Å²) in [6.07, 6.45) is 13.6. The molecule has 0 aromatic rings. The van der Waals surface area contributed by atoms with E-state index < -0.39 is 0 Å². The third-order valence-corrected chi connectivity index (χ3v) is 4.13. The number of allylic oxidation sites excluding steroid dienone is 5. The van der Waals surface area contributed by atoms with E-state index in [-0.39, 0.29) is 11.4 Å². The lowest BCUT2D eigenvalue weighted by Gasteiger charge is -2.20. The second-order valence-electron chi connectivity index (χ2n) is 6.78. The van der Waals surface area contributed by atoms with Crippen LogP contribution in [0.3, 0.4) is 0 Å². The van der Waals surface area contributed by atoms with Gasteiger partial charge in [0.2, 0.25) is 0 Å². The molecule has 0 saturated heterocycles. The van der Waals surface area contributed by atoms with Crippen LogP contribution in [0.4, 0.5) is 0 Å². The van der Waals surface area contributed by atoms with Crippen molar-refractivity contribution in [3.05, 3.63) is 47.6 Å². The molecule has 0 spiro atoms. The quantitative estimate of drug-likeness (QED) is 0.389. The summed E-state index contributed by atoms with van der Waals surface area (Å²) in [5.41, 5.74) is 3.24. The Morgan fingerprint density at radius 3 is 2.82 bits per heavy atom. The Labute approximate surface area is 135 Å². The van der Waals surface area contributed by atoms with Crippen LogP contribution < -0.4 is 0 Å². The molecule has 0 aromatic carbocycles. The Morgan fingerprint density at radius 1 is 1.41 bits per heavy atom. The zero-order valence-electron chi connectivity index (χ0n) is 14.6. The van der Waals surface area contributed by atoms with E-state index in [1.165, 1.54) is 5.57 Å². The summed E-state index contributed by atoms with van der Waals surface area (Å²) in [7, 11) is 0. The maximum absolute atomic E-state index is 11.8. The minimum atomic E-state index is -0.218. The van der Waals surface area contributed by atoms with Crippen molar-refractivity contribution >= 4 is 5.97 Å². The van der Waals surface area contributed by atoms with Crippen LogP contribution in [0.25, 0.3) is 0 Å². The molecule has 2 nitrogen and oxygen atoms in total. The number of hydrogen-bond donors (Lipinski definition) is 0. The Morgan fingerprint density at radius 2 is 2.14 bits per heavy atom. The summed E-state index contributed by atoms with van der Waals surface area (Å²) >= 11 is 0. The first-order chi connectivity index (χ1) is 10.3. The Balaban J connectivity index is 2.67. The van der Waals surface area contributed by atoms with E-state index in [0.29, 0.717) is 12.2 Å². The molecule has 0 heterocycles. The van der Waals surface area contributed by atoms with Crippen LogP contribution in [-0.4, -0.2) is 12.6 Å². The van der Waals surface area contributed by atoms with Crippen LogP contribution in [0.15, 0.2) is 47.6 Å². The normalized spacial score (nSPS) is 20.1. The molecule has 0 amide bonds. The van der Waals surface area contributed by atoms with Crippen molar-refractivity contribution in [2.45, 2.75) is 59.8 Å². The Kier molecular flexibility index (Phi) is 7.37. The predicted molar refractivity (Wildman–Crippen MR) is 93.6 cm³/mol. The van der Waals surface area contributed by atoms with Gasteiger partial charge in [-0.3, -0.25) is 0 Å².